The third kappa shape index (κ3) is 1.46. The first-order valence-corrected chi connectivity index (χ1v) is 5.15. The predicted octanol–water partition coefficient (Wildman–Crippen LogP) is 1.85. The molecule has 0 fully saturated rings. The predicted molar refractivity (Wildman–Crippen MR) is 62.9 cm³/mol. The van der Waals surface area contributed by atoms with Gasteiger partial charge in [-0.3, -0.25) is 0 Å². The lowest BCUT2D eigenvalue weighted by Gasteiger charge is -2.09. The average Bonchev–Trinajstić information content (AvgIpc) is 2.30. The van der Waals surface area contributed by atoms with Gasteiger partial charge in [0.15, 0.2) is 0 Å². The highest BCUT2D eigenvalue weighted by Gasteiger charge is 2.14. The first-order chi connectivity index (χ1) is 7.69. The van der Waals surface area contributed by atoms with E-state index in [1.54, 1.807) is 6.07 Å². The van der Waals surface area contributed by atoms with Crippen molar-refractivity contribution in [3.05, 3.63) is 22.4 Å². The van der Waals surface area contributed by atoms with Crippen molar-refractivity contribution in [2.75, 3.05) is 12.8 Å². The number of rotatable bonds is 1. The zero-order chi connectivity index (χ0) is 11.7. The maximum atomic E-state index is 8.96. The summed E-state index contributed by atoms with van der Waals surface area (Å²) in [5.74, 6) is 0.819. The van der Waals surface area contributed by atoms with Crippen molar-refractivity contribution in [3.8, 4) is 11.8 Å². The van der Waals surface area contributed by atoms with Crippen LogP contribution in [0.5, 0.6) is 5.75 Å². The van der Waals surface area contributed by atoms with Crippen molar-refractivity contribution in [2.45, 2.75) is 0 Å². The quantitative estimate of drug-likeness (QED) is 0.861. The van der Waals surface area contributed by atoms with E-state index >= 15 is 0 Å². The van der Waals surface area contributed by atoms with Crippen molar-refractivity contribution in [2.24, 2.45) is 0 Å². The van der Waals surface area contributed by atoms with Crippen molar-refractivity contribution in [3.63, 3.8) is 0 Å². The fourth-order valence-corrected chi connectivity index (χ4v) is 1.95. The van der Waals surface area contributed by atoms with Crippen LogP contribution in [0.15, 0.2) is 16.9 Å². The average molecular weight is 279 g/mol. The lowest BCUT2D eigenvalue weighted by atomic mass is 10.1. The Morgan fingerprint density at radius 1 is 1.50 bits per heavy atom. The van der Waals surface area contributed by atoms with Gasteiger partial charge in [0, 0.05) is 0 Å². The molecule has 0 amide bonds. The van der Waals surface area contributed by atoms with Gasteiger partial charge in [-0.1, -0.05) is 0 Å². The summed E-state index contributed by atoms with van der Waals surface area (Å²) < 4.78 is 5.77. The monoisotopic (exact) mass is 278 g/mol. The molecule has 1 heterocycles. The minimum absolute atomic E-state index is 0.326. The summed E-state index contributed by atoms with van der Waals surface area (Å²) in [6, 6.07) is 3.66. The summed E-state index contributed by atoms with van der Waals surface area (Å²) in [5, 5.41) is 9.56. The number of methoxy groups -OCH3 is 1. The maximum absolute atomic E-state index is 8.96. The zero-order valence-electron chi connectivity index (χ0n) is 8.36. The molecule has 0 aliphatic heterocycles. The highest BCUT2D eigenvalue weighted by atomic mass is 79.9. The Balaban J connectivity index is 2.98. The largest absolute Gasteiger partial charge is 0.496 e. The third-order valence-corrected chi connectivity index (χ3v) is 2.99. The van der Waals surface area contributed by atoms with Crippen molar-refractivity contribution < 1.29 is 4.74 Å². The molecule has 0 spiro atoms. The molecule has 0 saturated heterocycles. The van der Waals surface area contributed by atoms with Crippen LogP contribution < -0.4 is 10.5 Å². The molecule has 2 aromatic rings. The summed E-state index contributed by atoms with van der Waals surface area (Å²) in [7, 11) is 1.51. The Labute approximate surface area is 100.0 Å². The molecule has 2 N–H and O–H groups in total. The second-order valence-electron chi connectivity index (χ2n) is 3.03. The highest BCUT2D eigenvalue weighted by Crippen LogP contribution is 2.35. The number of benzene rings is 1. The summed E-state index contributed by atoms with van der Waals surface area (Å²) in [6.45, 7) is 0. The lowest BCUT2D eigenvalue weighted by Crippen LogP contribution is -1.98. The number of aromatic nitrogens is 2. The number of nitriles is 1. The van der Waals surface area contributed by atoms with E-state index in [4.69, 9.17) is 15.7 Å². The number of nitrogens with zero attached hydrogens (tertiary/aromatic N) is 3. The minimum Gasteiger partial charge on any atom is -0.496 e. The number of anilines is 1. The van der Waals surface area contributed by atoms with Crippen LogP contribution >= 0.6 is 15.9 Å². The van der Waals surface area contributed by atoms with Crippen molar-refractivity contribution >= 4 is 32.7 Å². The van der Waals surface area contributed by atoms with Crippen molar-refractivity contribution in [1.82, 2.24) is 9.97 Å². The molecule has 0 unspecified atom stereocenters. The van der Waals surface area contributed by atoms with Gasteiger partial charge in [-0.05, 0) is 22.0 Å². The van der Waals surface area contributed by atoms with Crippen LogP contribution in [-0.4, -0.2) is 17.1 Å². The van der Waals surface area contributed by atoms with E-state index in [0.717, 1.165) is 0 Å². The van der Waals surface area contributed by atoms with Gasteiger partial charge in [-0.2, -0.15) is 5.26 Å². The molecule has 5 nitrogen and oxygen atoms in total. The van der Waals surface area contributed by atoms with Gasteiger partial charge in [0.25, 0.3) is 0 Å². The molecular weight excluding hydrogens is 272 g/mol. The van der Waals surface area contributed by atoms with Crippen LogP contribution in [0.2, 0.25) is 0 Å². The fraction of sp³-hybridized carbons (Fsp3) is 0.100. The molecule has 1 aromatic carbocycles. The first-order valence-electron chi connectivity index (χ1n) is 4.35. The molecule has 0 saturated carbocycles. The normalized spacial score (nSPS) is 10.1. The summed E-state index contributed by atoms with van der Waals surface area (Å²) in [6.07, 6.45) is 1.35. The lowest BCUT2D eigenvalue weighted by molar-refractivity contribution is 0.419. The standard InChI is InChI=1S/C10H7BrN4O/c1-16-6-2-5(3-12)8(11)9-7(6)10(13)15-4-14-9/h2,4H,1H3,(H2,13,14,15). The molecule has 16 heavy (non-hydrogen) atoms. The maximum Gasteiger partial charge on any atom is 0.138 e. The smallest absolute Gasteiger partial charge is 0.138 e. The molecule has 0 radical (unpaired) electrons. The highest BCUT2D eigenvalue weighted by molar-refractivity contribution is 9.10. The van der Waals surface area contributed by atoms with Crippen LogP contribution in [0.4, 0.5) is 5.82 Å². The Bertz CT molecular complexity index is 606. The molecule has 0 atom stereocenters. The molecule has 0 aliphatic carbocycles. The van der Waals surface area contributed by atoms with E-state index < -0.39 is 0 Å². The second-order valence-corrected chi connectivity index (χ2v) is 3.83. The number of nitrogens with two attached hydrogens (primary N) is 1. The van der Waals surface area contributed by atoms with Crippen LogP contribution in [0.3, 0.4) is 0 Å². The number of hydrogen-bond acceptors (Lipinski definition) is 5. The molecule has 0 bridgehead atoms. The van der Waals surface area contributed by atoms with E-state index in [0.29, 0.717) is 32.5 Å². The summed E-state index contributed by atoms with van der Waals surface area (Å²) >= 11 is 3.32. The third-order valence-electron chi connectivity index (χ3n) is 2.18. The molecule has 0 aliphatic rings. The summed E-state index contributed by atoms with van der Waals surface area (Å²) in [4.78, 5) is 7.99. The van der Waals surface area contributed by atoms with E-state index in [1.165, 1.54) is 13.4 Å². The molecule has 1 aromatic heterocycles. The van der Waals surface area contributed by atoms with E-state index in [9.17, 15) is 0 Å². The Morgan fingerprint density at radius 2 is 2.25 bits per heavy atom. The van der Waals surface area contributed by atoms with Crippen LogP contribution in [-0.2, 0) is 0 Å². The Hall–Kier alpha value is -1.87. The van der Waals surface area contributed by atoms with Gasteiger partial charge in [0.05, 0.1) is 28.0 Å². The van der Waals surface area contributed by atoms with E-state index in [2.05, 4.69) is 32.0 Å². The minimum atomic E-state index is 0.326. The van der Waals surface area contributed by atoms with Gasteiger partial charge in [-0.15, -0.1) is 0 Å². The second kappa shape index (κ2) is 3.94. The molecule has 6 heteroatoms. The van der Waals surface area contributed by atoms with Gasteiger partial charge in [0.2, 0.25) is 0 Å². The zero-order valence-corrected chi connectivity index (χ0v) is 9.95. The van der Waals surface area contributed by atoms with Gasteiger partial charge >= 0.3 is 0 Å². The molecule has 2 rings (SSSR count). The Kier molecular flexibility index (Phi) is 2.62. The number of halogens is 1. The fourth-order valence-electron chi connectivity index (χ4n) is 1.45. The van der Waals surface area contributed by atoms with E-state index in [1.807, 2.05) is 0 Å². The number of fused-ring (bicyclic) bond motifs is 1. The van der Waals surface area contributed by atoms with Crippen LogP contribution in [0, 0.1) is 11.3 Å². The SMILES string of the molecule is COc1cc(C#N)c(Br)c2ncnc(N)c12. The van der Waals surface area contributed by atoms with Crippen LogP contribution in [0.25, 0.3) is 10.9 Å². The Morgan fingerprint density at radius 3 is 2.88 bits per heavy atom. The molecular formula is C10H7BrN4O. The van der Waals surface area contributed by atoms with Gasteiger partial charge in [-0.25, -0.2) is 9.97 Å². The van der Waals surface area contributed by atoms with Gasteiger partial charge in [0.1, 0.15) is 24.0 Å². The number of nitrogen functional groups attached to an aromatic ring is 1. The van der Waals surface area contributed by atoms with Crippen LogP contribution in [0.1, 0.15) is 5.56 Å². The topological polar surface area (TPSA) is 84.8 Å². The molecule has 80 valence electrons. The first kappa shape index (κ1) is 10.6. The van der Waals surface area contributed by atoms with Crippen molar-refractivity contribution in [1.29, 1.82) is 5.26 Å². The van der Waals surface area contributed by atoms with Gasteiger partial charge < -0.3 is 10.5 Å². The van der Waals surface area contributed by atoms with E-state index in [-0.39, 0.29) is 0 Å². The summed E-state index contributed by atoms with van der Waals surface area (Å²) in [5.41, 5.74) is 6.78. The number of ether oxygens (including phenoxy) is 1. The number of hydrogen-bond donors (Lipinski definition) is 1.